The first-order chi connectivity index (χ1) is 11.6. The van der Waals surface area contributed by atoms with E-state index in [0.29, 0.717) is 16.5 Å². The largest absolute Gasteiger partial charge is 0.366 e. The van der Waals surface area contributed by atoms with E-state index < -0.39 is 5.91 Å². The van der Waals surface area contributed by atoms with Crippen molar-refractivity contribution < 1.29 is 9.59 Å². The van der Waals surface area contributed by atoms with Crippen molar-refractivity contribution in [1.82, 2.24) is 4.57 Å². The molecule has 0 radical (unpaired) electrons. The SMILES string of the molecule is NC(=O)c1ccc(-n2c3c(c4ccccc42)C(=O)CCC3)cc1Br. The van der Waals surface area contributed by atoms with Crippen LogP contribution in [0, 0.1) is 0 Å². The molecule has 24 heavy (non-hydrogen) atoms. The zero-order valence-electron chi connectivity index (χ0n) is 12.9. The Labute approximate surface area is 147 Å². The molecule has 0 saturated carbocycles. The Bertz CT molecular complexity index is 1000. The average molecular weight is 383 g/mol. The molecule has 0 fully saturated rings. The highest BCUT2D eigenvalue weighted by Gasteiger charge is 2.26. The number of hydrogen-bond acceptors (Lipinski definition) is 2. The van der Waals surface area contributed by atoms with Crippen LogP contribution in [-0.4, -0.2) is 16.3 Å². The summed E-state index contributed by atoms with van der Waals surface area (Å²) in [5, 5.41) is 0.993. The Balaban J connectivity index is 2.03. The van der Waals surface area contributed by atoms with Gasteiger partial charge in [-0.15, -0.1) is 0 Å². The van der Waals surface area contributed by atoms with Crippen molar-refractivity contribution in [2.24, 2.45) is 5.73 Å². The number of Topliss-reactive ketones (excluding diaryl/α,β-unsaturated/α-hetero) is 1. The maximum Gasteiger partial charge on any atom is 0.249 e. The predicted molar refractivity (Wildman–Crippen MR) is 96.8 cm³/mol. The number of rotatable bonds is 2. The quantitative estimate of drug-likeness (QED) is 0.727. The van der Waals surface area contributed by atoms with E-state index in [1.54, 1.807) is 6.07 Å². The second-order valence-corrected chi connectivity index (χ2v) is 6.83. The molecule has 1 heterocycles. The van der Waals surface area contributed by atoms with Crippen molar-refractivity contribution in [3.63, 3.8) is 0 Å². The molecule has 2 aromatic carbocycles. The molecule has 0 unspecified atom stereocenters. The summed E-state index contributed by atoms with van der Waals surface area (Å²) in [6.45, 7) is 0. The first-order valence-electron chi connectivity index (χ1n) is 7.83. The molecule has 120 valence electrons. The minimum Gasteiger partial charge on any atom is -0.366 e. The van der Waals surface area contributed by atoms with Crippen LogP contribution in [0.25, 0.3) is 16.6 Å². The van der Waals surface area contributed by atoms with Crippen molar-refractivity contribution in [3.05, 3.63) is 63.8 Å². The molecule has 3 aromatic rings. The van der Waals surface area contributed by atoms with E-state index in [1.165, 1.54) is 0 Å². The van der Waals surface area contributed by atoms with Crippen molar-refractivity contribution >= 4 is 38.5 Å². The van der Waals surface area contributed by atoms with Crippen LogP contribution < -0.4 is 5.73 Å². The van der Waals surface area contributed by atoms with Crippen LogP contribution in [0.1, 0.15) is 39.3 Å². The lowest BCUT2D eigenvalue weighted by atomic mass is 9.94. The third kappa shape index (κ3) is 2.19. The van der Waals surface area contributed by atoms with Gasteiger partial charge in [0.15, 0.2) is 5.78 Å². The molecule has 0 atom stereocenters. The topological polar surface area (TPSA) is 65.1 Å². The molecule has 0 saturated heterocycles. The summed E-state index contributed by atoms with van der Waals surface area (Å²) in [5.41, 5.74) is 9.64. The van der Waals surface area contributed by atoms with Gasteiger partial charge in [-0.1, -0.05) is 18.2 Å². The van der Waals surface area contributed by atoms with Crippen molar-refractivity contribution in [2.45, 2.75) is 19.3 Å². The van der Waals surface area contributed by atoms with Gasteiger partial charge in [-0.05, 0) is 53.0 Å². The summed E-state index contributed by atoms with van der Waals surface area (Å²) in [7, 11) is 0. The van der Waals surface area contributed by atoms with Crippen LogP contribution in [0.3, 0.4) is 0 Å². The summed E-state index contributed by atoms with van der Waals surface area (Å²) < 4.78 is 2.78. The lowest BCUT2D eigenvalue weighted by Gasteiger charge is -2.16. The Hall–Kier alpha value is -2.40. The molecule has 1 aliphatic rings. The van der Waals surface area contributed by atoms with Gasteiger partial charge in [0.2, 0.25) is 5.91 Å². The summed E-state index contributed by atoms with van der Waals surface area (Å²) in [5.74, 6) is -0.262. The van der Waals surface area contributed by atoms with Crippen LogP contribution in [-0.2, 0) is 6.42 Å². The van der Waals surface area contributed by atoms with Crippen molar-refractivity contribution in [2.75, 3.05) is 0 Å². The molecule has 1 aliphatic carbocycles. The number of hydrogen-bond donors (Lipinski definition) is 1. The zero-order valence-corrected chi connectivity index (χ0v) is 14.5. The second kappa shape index (κ2) is 5.60. The van der Waals surface area contributed by atoms with Crippen molar-refractivity contribution in [1.29, 1.82) is 0 Å². The van der Waals surface area contributed by atoms with Crippen LogP contribution in [0.2, 0.25) is 0 Å². The number of nitrogens with two attached hydrogens (primary N) is 1. The second-order valence-electron chi connectivity index (χ2n) is 5.98. The predicted octanol–water partition coefficient (Wildman–Crippen LogP) is 4.01. The Morgan fingerprint density at radius 2 is 1.92 bits per heavy atom. The molecule has 0 aliphatic heterocycles. The van der Waals surface area contributed by atoms with E-state index in [-0.39, 0.29) is 5.78 Å². The number of fused-ring (bicyclic) bond motifs is 3. The summed E-state index contributed by atoms with van der Waals surface area (Å²) in [4.78, 5) is 23.9. The number of benzene rings is 2. The Morgan fingerprint density at radius 3 is 2.67 bits per heavy atom. The molecule has 1 amide bonds. The molecule has 4 rings (SSSR count). The summed E-state index contributed by atoms with van der Waals surface area (Å²) >= 11 is 3.42. The van der Waals surface area contributed by atoms with Gasteiger partial charge in [0.1, 0.15) is 0 Å². The van der Waals surface area contributed by atoms with E-state index in [4.69, 9.17) is 5.73 Å². The number of amides is 1. The van der Waals surface area contributed by atoms with Gasteiger partial charge < -0.3 is 10.3 Å². The highest BCUT2D eigenvalue weighted by atomic mass is 79.9. The Morgan fingerprint density at radius 1 is 1.12 bits per heavy atom. The molecule has 4 nitrogen and oxygen atoms in total. The van der Waals surface area contributed by atoms with E-state index in [0.717, 1.165) is 40.7 Å². The number of ketones is 1. The summed E-state index contributed by atoms with van der Waals surface area (Å²) in [6.07, 6.45) is 2.33. The minimum absolute atomic E-state index is 0.207. The zero-order chi connectivity index (χ0) is 16.8. The third-order valence-electron chi connectivity index (χ3n) is 4.55. The fraction of sp³-hybridized carbons (Fsp3) is 0.158. The fourth-order valence-corrected chi connectivity index (χ4v) is 4.08. The smallest absolute Gasteiger partial charge is 0.249 e. The molecule has 0 spiro atoms. The number of carbonyl (C=O) groups excluding carboxylic acids is 2. The first kappa shape index (κ1) is 15.1. The van der Waals surface area contributed by atoms with Gasteiger partial charge in [-0.25, -0.2) is 0 Å². The highest BCUT2D eigenvalue weighted by Crippen LogP contribution is 2.35. The number of carbonyl (C=O) groups is 2. The van der Waals surface area contributed by atoms with E-state index >= 15 is 0 Å². The van der Waals surface area contributed by atoms with Gasteiger partial charge in [0.05, 0.1) is 11.1 Å². The number of para-hydroxylation sites is 1. The number of primary amides is 1. The standard InChI is InChI=1S/C19H15BrN2O2/c20-14-10-11(8-9-12(14)19(21)24)22-15-5-2-1-4-13(15)18-16(22)6-3-7-17(18)23/h1-2,4-5,8-10H,3,6-7H2,(H2,21,24). The molecule has 5 heteroatoms. The monoisotopic (exact) mass is 382 g/mol. The van der Waals surface area contributed by atoms with Crippen LogP contribution >= 0.6 is 15.9 Å². The van der Waals surface area contributed by atoms with Crippen LogP contribution in [0.15, 0.2) is 46.9 Å². The average Bonchev–Trinajstić information content (AvgIpc) is 2.90. The molecular weight excluding hydrogens is 368 g/mol. The van der Waals surface area contributed by atoms with Gasteiger partial charge in [0, 0.05) is 33.2 Å². The highest BCUT2D eigenvalue weighted by molar-refractivity contribution is 9.10. The lowest BCUT2D eigenvalue weighted by molar-refractivity contribution is 0.0971. The number of halogens is 1. The lowest BCUT2D eigenvalue weighted by Crippen LogP contribution is -2.14. The van der Waals surface area contributed by atoms with Gasteiger partial charge in [0.25, 0.3) is 0 Å². The van der Waals surface area contributed by atoms with E-state index in [2.05, 4.69) is 20.5 Å². The molecule has 1 aromatic heterocycles. The minimum atomic E-state index is -0.469. The third-order valence-corrected chi connectivity index (χ3v) is 5.20. The normalized spacial score (nSPS) is 14.0. The molecular formula is C19H15BrN2O2. The maximum absolute atomic E-state index is 12.5. The van der Waals surface area contributed by atoms with Crippen molar-refractivity contribution in [3.8, 4) is 5.69 Å². The van der Waals surface area contributed by atoms with E-state index in [1.807, 2.05) is 36.4 Å². The number of aromatic nitrogens is 1. The molecule has 2 N–H and O–H groups in total. The van der Waals surface area contributed by atoms with Gasteiger partial charge in [-0.3, -0.25) is 9.59 Å². The first-order valence-corrected chi connectivity index (χ1v) is 8.62. The summed E-state index contributed by atoms with van der Waals surface area (Å²) in [6, 6.07) is 13.4. The molecule has 0 bridgehead atoms. The van der Waals surface area contributed by atoms with E-state index in [9.17, 15) is 9.59 Å². The number of nitrogens with zero attached hydrogens (tertiary/aromatic N) is 1. The maximum atomic E-state index is 12.5. The van der Waals surface area contributed by atoms with Gasteiger partial charge >= 0.3 is 0 Å². The van der Waals surface area contributed by atoms with Crippen LogP contribution in [0.5, 0.6) is 0 Å². The fourth-order valence-electron chi connectivity index (χ4n) is 3.52. The van der Waals surface area contributed by atoms with Crippen LogP contribution in [0.4, 0.5) is 0 Å². The Kier molecular flexibility index (Phi) is 3.53. The van der Waals surface area contributed by atoms with Gasteiger partial charge in [-0.2, -0.15) is 0 Å².